The highest BCUT2D eigenvalue weighted by Crippen LogP contribution is 2.24. The lowest BCUT2D eigenvalue weighted by atomic mass is 9.94. The van der Waals surface area contributed by atoms with Crippen molar-refractivity contribution < 1.29 is 4.79 Å². The number of nitrogens with zero attached hydrogens (tertiary/aromatic N) is 1. The van der Waals surface area contributed by atoms with E-state index >= 15 is 0 Å². The molecular formula is C15H29N3O. The Kier molecular flexibility index (Phi) is 5.64. The van der Waals surface area contributed by atoms with Gasteiger partial charge in [0.25, 0.3) is 0 Å². The lowest BCUT2D eigenvalue weighted by Gasteiger charge is -2.39. The predicted octanol–water partition coefficient (Wildman–Crippen LogP) is 1.51. The fraction of sp³-hybridized carbons (Fsp3) is 0.933. The highest BCUT2D eigenvalue weighted by atomic mass is 16.1. The number of amides is 1. The third-order valence-corrected chi connectivity index (χ3v) is 4.30. The van der Waals surface area contributed by atoms with Crippen molar-refractivity contribution in [2.24, 2.45) is 0 Å². The molecular weight excluding hydrogens is 238 g/mol. The summed E-state index contributed by atoms with van der Waals surface area (Å²) in [5.41, 5.74) is 0. The molecule has 0 bridgehead atoms. The van der Waals surface area contributed by atoms with Crippen molar-refractivity contribution in [1.82, 2.24) is 15.5 Å². The first-order chi connectivity index (χ1) is 9.16. The standard InChI is InChI=1S/C15H29N3O/c1-12(2)17-15(19)8-11-18-10-4-3-7-14(18)13-6-5-9-16-13/h12-14,16H,3-11H2,1-2H3,(H,17,19). The summed E-state index contributed by atoms with van der Waals surface area (Å²) in [5.74, 6) is 0.193. The van der Waals surface area contributed by atoms with Crippen molar-refractivity contribution in [3.63, 3.8) is 0 Å². The smallest absolute Gasteiger partial charge is 0.221 e. The van der Waals surface area contributed by atoms with Crippen molar-refractivity contribution in [3.8, 4) is 0 Å². The maximum Gasteiger partial charge on any atom is 0.221 e. The Morgan fingerprint density at radius 2 is 2.16 bits per heavy atom. The summed E-state index contributed by atoms with van der Waals surface area (Å²) < 4.78 is 0. The lowest BCUT2D eigenvalue weighted by molar-refractivity contribution is -0.122. The van der Waals surface area contributed by atoms with E-state index in [0.717, 1.165) is 13.1 Å². The lowest BCUT2D eigenvalue weighted by Crippen LogP contribution is -2.51. The van der Waals surface area contributed by atoms with E-state index in [0.29, 0.717) is 18.5 Å². The van der Waals surface area contributed by atoms with Gasteiger partial charge >= 0.3 is 0 Å². The summed E-state index contributed by atoms with van der Waals surface area (Å²) in [7, 11) is 0. The van der Waals surface area contributed by atoms with Crippen LogP contribution in [0.4, 0.5) is 0 Å². The van der Waals surface area contributed by atoms with Gasteiger partial charge in [-0.15, -0.1) is 0 Å². The molecule has 0 radical (unpaired) electrons. The highest BCUT2D eigenvalue weighted by Gasteiger charge is 2.31. The van der Waals surface area contributed by atoms with Gasteiger partial charge in [-0.25, -0.2) is 0 Å². The van der Waals surface area contributed by atoms with Crippen LogP contribution >= 0.6 is 0 Å². The van der Waals surface area contributed by atoms with Crippen LogP contribution in [0.1, 0.15) is 52.4 Å². The van der Waals surface area contributed by atoms with Crippen LogP contribution in [0.15, 0.2) is 0 Å². The zero-order chi connectivity index (χ0) is 13.7. The van der Waals surface area contributed by atoms with E-state index in [1.54, 1.807) is 0 Å². The Hall–Kier alpha value is -0.610. The van der Waals surface area contributed by atoms with E-state index < -0.39 is 0 Å². The maximum absolute atomic E-state index is 11.8. The number of carbonyl (C=O) groups is 1. The molecule has 19 heavy (non-hydrogen) atoms. The van der Waals surface area contributed by atoms with Gasteiger partial charge in [0.1, 0.15) is 0 Å². The van der Waals surface area contributed by atoms with Crippen LogP contribution in [-0.2, 0) is 4.79 Å². The molecule has 2 saturated heterocycles. The van der Waals surface area contributed by atoms with E-state index in [4.69, 9.17) is 0 Å². The quantitative estimate of drug-likeness (QED) is 0.793. The van der Waals surface area contributed by atoms with Gasteiger partial charge in [-0.2, -0.15) is 0 Å². The first kappa shape index (κ1) is 14.8. The second kappa shape index (κ2) is 7.25. The van der Waals surface area contributed by atoms with Crippen molar-refractivity contribution in [2.45, 2.75) is 70.5 Å². The summed E-state index contributed by atoms with van der Waals surface area (Å²) in [6, 6.07) is 1.57. The minimum atomic E-state index is 0.193. The normalized spacial score (nSPS) is 28.8. The van der Waals surface area contributed by atoms with Crippen molar-refractivity contribution in [2.75, 3.05) is 19.6 Å². The first-order valence-corrected chi connectivity index (χ1v) is 7.93. The van der Waals surface area contributed by atoms with Gasteiger partial charge in [0.05, 0.1) is 0 Å². The molecule has 2 aliphatic heterocycles. The Balaban J connectivity index is 1.80. The van der Waals surface area contributed by atoms with Gasteiger partial charge in [0.15, 0.2) is 0 Å². The van der Waals surface area contributed by atoms with Crippen molar-refractivity contribution >= 4 is 5.91 Å². The topological polar surface area (TPSA) is 44.4 Å². The summed E-state index contributed by atoms with van der Waals surface area (Å²) >= 11 is 0. The molecule has 2 atom stereocenters. The monoisotopic (exact) mass is 267 g/mol. The molecule has 2 heterocycles. The van der Waals surface area contributed by atoms with Gasteiger partial charge in [0, 0.05) is 31.1 Å². The van der Waals surface area contributed by atoms with E-state index in [1.807, 2.05) is 13.8 Å². The molecule has 0 aromatic carbocycles. The van der Waals surface area contributed by atoms with Crippen LogP contribution in [-0.4, -0.2) is 48.6 Å². The Labute approximate surface area is 117 Å². The molecule has 0 aliphatic carbocycles. The minimum Gasteiger partial charge on any atom is -0.354 e. The molecule has 110 valence electrons. The minimum absolute atomic E-state index is 0.193. The van der Waals surface area contributed by atoms with Gasteiger partial charge < -0.3 is 10.6 Å². The highest BCUT2D eigenvalue weighted by molar-refractivity contribution is 5.76. The molecule has 1 amide bonds. The third-order valence-electron chi connectivity index (χ3n) is 4.30. The zero-order valence-electron chi connectivity index (χ0n) is 12.5. The molecule has 0 spiro atoms. The number of nitrogens with one attached hydrogen (secondary N) is 2. The molecule has 2 unspecified atom stereocenters. The molecule has 0 aromatic rings. The summed E-state index contributed by atoms with van der Waals surface area (Å²) in [5, 5.41) is 6.62. The van der Waals surface area contributed by atoms with E-state index in [-0.39, 0.29) is 11.9 Å². The first-order valence-electron chi connectivity index (χ1n) is 7.93. The summed E-state index contributed by atoms with van der Waals surface area (Å²) in [6.45, 7) is 7.29. The second-order valence-corrected chi connectivity index (χ2v) is 6.27. The predicted molar refractivity (Wildman–Crippen MR) is 78.1 cm³/mol. The Bertz CT molecular complexity index is 287. The fourth-order valence-electron chi connectivity index (χ4n) is 3.43. The SMILES string of the molecule is CC(C)NC(=O)CCN1CCCCC1C1CCCN1. The molecule has 2 rings (SSSR count). The number of carbonyl (C=O) groups excluding carboxylic acids is 1. The van der Waals surface area contributed by atoms with Gasteiger partial charge in [0.2, 0.25) is 5.91 Å². The molecule has 0 saturated carbocycles. The van der Waals surface area contributed by atoms with Crippen LogP contribution in [0.2, 0.25) is 0 Å². The molecule has 2 aliphatic rings. The van der Waals surface area contributed by atoms with Gasteiger partial charge in [-0.3, -0.25) is 9.69 Å². The summed E-state index contributed by atoms with van der Waals surface area (Å²) in [6.07, 6.45) is 7.18. The average Bonchev–Trinajstić information content (AvgIpc) is 2.89. The van der Waals surface area contributed by atoms with Crippen LogP contribution in [0, 0.1) is 0 Å². The van der Waals surface area contributed by atoms with Crippen molar-refractivity contribution in [3.05, 3.63) is 0 Å². The zero-order valence-corrected chi connectivity index (χ0v) is 12.5. The number of hydrogen-bond donors (Lipinski definition) is 2. The third kappa shape index (κ3) is 4.46. The molecule has 4 nitrogen and oxygen atoms in total. The van der Waals surface area contributed by atoms with Crippen LogP contribution in [0.5, 0.6) is 0 Å². The van der Waals surface area contributed by atoms with Crippen LogP contribution in [0.3, 0.4) is 0 Å². The van der Waals surface area contributed by atoms with Crippen LogP contribution < -0.4 is 10.6 Å². The second-order valence-electron chi connectivity index (χ2n) is 6.27. The average molecular weight is 267 g/mol. The number of likely N-dealkylation sites (tertiary alicyclic amines) is 1. The Morgan fingerprint density at radius 1 is 1.32 bits per heavy atom. The van der Waals surface area contributed by atoms with Crippen molar-refractivity contribution in [1.29, 1.82) is 0 Å². The molecule has 4 heteroatoms. The fourth-order valence-corrected chi connectivity index (χ4v) is 3.43. The van der Waals surface area contributed by atoms with Gasteiger partial charge in [-0.1, -0.05) is 6.42 Å². The number of rotatable bonds is 5. The maximum atomic E-state index is 11.8. The number of hydrogen-bond acceptors (Lipinski definition) is 3. The number of piperidine rings is 1. The Morgan fingerprint density at radius 3 is 2.84 bits per heavy atom. The van der Waals surface area contributed by atoms with Gasteiger partial charge in [-0.05, 0) is 52.6 Å². The molecule has 2 fully saturated rings. The van der Waals surface area contributed by atoms with E-state index in [9.17, 15) is 4.79 Å². The molecule has 2 N–H and O–H groups in total. The van der Waals surface area contributed by atoms with E-state index in [2.05, 4.69) is 15.5 Å². The largest absolute Gasteiger partial charge is 0.354 e. The molecule has 0 aromatic heterocycles. The van der Waals surface area contributed by atoms with E-state index in [1.165, 1.54) is 38.6 Å². The summed E-state index contributed by atoms with van der Waals surface area (Å²) in [4.78, 5) is 14.3. The van der Waals surface area contributed by atoms with Crippen LogP contribution in [0.25, 0.3) is 0 Å².